The first-order valence-corrected chi connectivity index (χ1v) is 16.1. The van der Waals surface area contributed by atoms with E-state index in [2.05, 4.69) is 27.5 Å². The molecule has 2 atom stereocenters. The molecule has 3 aromatic carbocycles. The van der Waals surface area contributed by atoms with Crippen LogP contribution in [0.1, 0.15) is 54.9 Å². The van der Waals surface area contributed by atoms with Gasteiger partial charge in [0.1, 0.15) is 24.9 Å². The Morgan fingerprint density at radius 3 is 2.35 bits per heavy atom. The molecule has 1 aromatic heterocycles. The Hall–Kier alpha value is -4.36. The molecule has 2 saturated carbocycles. The molecule has 2 aliphatic rings. The predicted octanol–water partition coefficient (Wildman–Crippen LogP) is 7.30. The van der Waals surface area contributed by atoms with Gasteiger partial charge in [0.15, 0.2) is 17.5 Å². The summed E-state index contributed by atoms with van der Waals surface area (Å²) in [7, 11) is 0. The minimum Gasteiger partial charge on any atom is -0.394 e. The van der Waals surface area contributed by atoms with E-state index >= 15 is 0 Å². The number of hydrogen-bond acceptors (Lipinski definition) is 6. The molecule has 0 bridgehead atoms. The summed E-state index contributed by atoms with van der Waals surface area (Å²) in [5.74, 6) is -3.88. The zero-order chi connectivity index (χ0) is 35.2. The van der Waals surface area contributed by atoms with Crippen molar-refractivity contribution in [2.45, 2.75) is 57.3 Å². The number of nitrogens with zero attached hydrogens (tertiary/aromatic N) is 4. The number of aliphatic hydroxyl groups is 1. The highest BCUT2D eigenvalue weighted by molar-refractivity contribution is 6.30. The summed E-state index contributed by atoms with van der Waals surface area (Å²) >= 11 is 5.95. The smallest absolute Gasteiger partial charge is 0.394 e. The summed E-state index contributed by atoms with van der Waals surface area (Å²) in [5.41, 5.74) is -2.14. The van der Waals surface area contributed by atoms with E-state index in [1.54, 1.807) is 41.3 Å². The van der Waals surface area contributed by atoms with Crippen LogP contribution in [0.25, 0.3) is 0 Å². The third kappa shape index (κ3) is 9.63. The molecule has 0 aliphatic heterocycles. The van der Waals surface area contributed by atoms with Crippen molar-refractivity contribution in [2.24, 2.45) is 22.9 Å². The predicted molar refractivity (Wildman–Crippen MR) is 172 cm³/mol. The molecular formula is C35H35ClF5N5O3. The third-order valence-electron chi connectivity index (χ3n) is 8.56. The van der Waals surface area contributed by atoms with Gasteiger partial charge in [-0.05, 0) is 78.8 Å². The van der Waals surface area contributed by atoms with Crippen LogP contribution in [0.15, 0.2) is 84.5 Å². The monoisotopic (exact) mass is 703 g/mol. The highest BCUT2D eigenvalue weighted by Crippen LogP contribution is 2.46. The Labute approximate surface area is 284 Å². The second-order valence-corrected chi connectivity index (χ2v) is 12.8. The molecule has 6 rings (SSSR count). The number of amidine groups is 1. The number of hydrogen-bond donors (Lipinski definition) is 2. The molecule has 2 fully saturated rings. The lowest BCUT2D eigenvalue weighted by molar-refractivity contribution is -0.138. The summed E-state index contributed by atoms with van der Waals surface area (Å²) in [6.45, 7) is 2.63. The summed E-state index contributed by atoms with van der Waals surface area (Å²) < 4.78 is 69.8. The fraction of sp³-hybridized carbons (Fsp3) is 0.371. The van der Waals surface area contributed by atoms with Crippen molar-refractivity contribution < 1.29 is 36.7 Å². The number of rotatable bonds is 11. The Balaban J connectivity index is 0.000000204. The molecule has 2 unspecified atom stereocenters. The van der Waals surface area contributed by atoms with Crippen molar-refractivity contribution in [3.8, 4) is 0 Å². The summed E-state index contributed by atoms with van der Waals surface area (Å²) in [5, 5.41) is 21.7. The number of carbonyl (C=O) groups excluding carboxylic acids is 1. The van der Waals surface area contributed by atoms with Gasteiger partial charge in [0.25, 0.3) is 0 Å². The van der Waals surface area contributed by atoms with E-state index in [1.165, 1.54) is 19.2 Å². The minimum atomic E-state index is -4.99. The number of aromatic nitrogens is 3. The molecule has 2 N–H and O–H groups in total. The lowest BCUT2D eigenvalue weighted by Crippen LogP contribution is -2.39. The topological polar surface area (TPSA) is 102 Å². The van der Waals surface area contributed by atoms with Crippen molar-refractivity contribution in [1.29, 1.82) is 0 Å². The first-order valence-electron chi connectivity index (χ1n) is 15.7. The van der Waals surface area contributed by atoms with Gasteiger partial charge in [0.05, 0.1) is 24.1 Å². The van der Waals surface area contributed by atoms with Crippen LogP contribution in [-0.2, 0) is 34.4 Å². The molecular weight excluding hydrogens is 669 g/mol. The molecule has 4 aromatic rings. The fourth-order valence-electron chi connectivity index (χ4n) is 5.38. The molecule has 0 spiro atoms. The lowest BCUT2D eigenvalue weighted by atomic mass is 9.79. The maximum Gasteiger partial charge on any atom is 0.417 e. The van der Waals surface area contributed by atoms with Gasteiger partial charge in [0, 0.05) is 5.02 Å². The molecule has 1 amide bonds. The zero-order valence-corrected chi connectivity index (χ0v) is 27.3. The average molecular weight is 704 g/mol. The van der Waals surface area contributed by atoms with Crippen LogP contribution < -0.4 is 5.32 Å². The Bertz CT molecular complexity index is 1730. The highest BCUT2D eigenvalue weighted by Gasteiger charge is 2.44. The number of alkyl halides is 3. The second-order valence-electron chi connectivity index (χ2n) is 12.3. The normalized spacial score (nSPS) is 16.6. The van der Waals surface area contributed by atoms with Crippen LogP contribution in [0.2, 0.25) is 5.02 Å². The minimum absolute atomic E-state index is 0.107. The zero-order valence-electron chi connectivity index (χ0n) is 26.5. The van der Waals surface area contributed by atoms with Crippen molar-refractivity contribution in [1.82, 2.24) is 20.1 Å². The molecule has 14 heteroatoms. The Morgan fingerprint density at radius 2 is 1.76 bits per heavy atom. The van der Waals surface area contributed by atoms with E-state index in [0.717, 1.165) is 18.4 Å². The van der Waals surface area contributed by atoms with Gasteiger partial charge in [-0.25, -0.2) is 18.4 Å². The summed E-state index contributed by atoms with van der Waals surface area (Å²) in [6, 6.07) is 16.6. The Morgan fingerprint density at radius 1 is 1.06 bits per heavy atom. The molecule has 1 heterocycles. The summed E-state index contributed by atoms with van der Waals surface area (Å²) in [6.07, 6.45) is 2.08. The van der Waals surface area contributed by atoms with Crippen LogP contribution in [0.4, 0.5) is 22.0 Å². The number of carbonyl (C=O) groups is 1. The van der Waals surface area contributed by atoms with Crippen LogP contribution >= 0.6 is 11.6 Å². The van der Waals surface area contributed by atoms with Gasteiger partial charge in [-0.3, -0.25) is 4.79 Å². The van der Waals surface area contributed by atoms with Crippen LogP contribution in [-0.4, -0.2) is 38.2 Å². The van der Waals surface area contributed by atoms with E-state index < -0.39 is 46.3 Å². The molecule has 2 aliphatic carbocycles. The maximum atomic E-state index is 14.4. The van der Waals surface area contributed by atoms with Crippen LogP contribution in [0.5, 0.6) is 0 Å². The van der Waals surface area contributed by atoms with Gasteiger partial charge in [-0.2, -0.15) is 18.3 Å². The highest BCUT2D eigenvalue weighted by atomic mass is 35.5. The Kier molecular flexibility index (Phi) is 11.3. The van der Waals surface area contributed by atoms with E-state index in [0.29, 0.717) is 35.2 Å². The lowest BCUT2D eigenvalue weighted by Gasteiger charge is -2.35. The standard InChI is InChI=1S/C20H17F5N2O2.C15H18ClN3O/c21-15-9-8-14(20(23,24)25)17(18(15)22)19(27-29-11-13-6-7-13)26-16(28)10-12-4-2-1-3-5-12;1-11(12-2-3-12)15(20,8-19-10-17-9-18-19)13-4-6-14(16)7-5-13/h1-5,8-9,13H,6-7,10-11H2,(H,26,27,28);4-7,9-12,20H,2-3,8H2,1H3. The van der Waals surface area contributed by atoms with Gasteiger partial charge in [-0.1, -0.05) is 66.1 Å². The summed E-state index contributed by atoms with van der Waals surface area (Å²) in [4.78, 5) is 21.3. The third-order valence-corrected chi connectivity index (χ3v) is 8.81. The SMILES string of the molecule is CC(C1CC1)C(O)(Cn1cncn1)c1ccc(Cl)cc1.O=C(Cc1ccccc1)NC(=NOCC1CC1)c1c(C(F)(F)F)ccc(F)c1F. The fourth-order valence-corrected chi connectivity index (χ4v) is 5.51. The van der Waals surface area contributed by atoms with E-state index in [4.69, 9.17) is 16.4 Å². The number of halogens is 6. The van der Waals surface area contributed by atoms with E-state index in [1.807, 2.05) is 24.3 Å². The first kappa shape index (κ1) is 35.9. The number of nitrogens with one attached hydrogen (secondary N) is 1. The maximum absolute atomic E-state index is 14.4. The van der Waals surface area contributed by atoms with E-state index in [9.17, 15) is 31.9 Å². The number of amides is 1. The van der Waals surface area contributed by atoms with Crippen LogP contribution in [0, 0.1) is 29.4 Å². The van der Waals surface area contributed by atoms with E-state index in [-0.39, 0.29) is 24.9 Å². The van der Waals surface area contributed by atoms with Gasteiger partial charge in [-0.15, -0.1) is 0 Å². The van der Waals surface area contributed by atoms with Crippen molar-refractivity contribution in [3.63, 3.8) is 0 Å². The van der Waals surface area contributed by atoms with Crippen molar-refractivity contribution in [3.05, 3.63) is 118 Å². The van der Waals surface area contributed by atoms with Crippen LogP contribution in [0.3, 0.4) is 0 Å². The molecule has 260 valence electrons. The largest absolute Gasteiger partial charge is 0.417 e. The average Bonchev–Trinajstić information content (AvgIpc) is 4.01. The molecule has 0 saturated heterocycles. The van der Waals surface area contributed by atoms with Gasteiger partial charge < -0.3 is 15.3 Å². The first-order chi connectivity index (χ1) is 23.3. The number of oxime groups is 1. The number of benzene rings is 3. The molecule has 0 radical (unpaired) electrons. The second kappa shape index (κ2) is 15.5. The molecule has 8 nitrogen and oxygen atoms in total. The van der Waals surface area contributed by atoms with Crippen molar-refractivity contribution in [2.75, 3.05) is 6.61 Å². The van der Waals surface area contributed by atoms with Gasteiger partial charge >= 0.3 is 6.18 Å². The van der Waals surface area contributed by atoms with Crippen molar-refractivity contribution >= 4 is 23.3 Å². The quantitative estimate of drug-likeness (QED) is 0.0740. The molecule has 49 heavy (non-hydrogen) atoms. The van der Waals surface area contributed by atoms with Gasteiger partial charge in [0.2, 0.25) is 5.91 Å².